The number of amides is 2. The first kappa shape index (κ1) is 21.1. The van der Waals surface area contributed by atoms with E-state index in [0.717, 1.165) is 55.3 Å². The van der Waals surface area contributed by atoms with Crippen molar-refractivity contribution in [3.05, 3.63) is 78.1 Å². The largest absolute Gasteiger partial charge is 0.457 e. The maximum Gasteiger partial charge on any atom is 0.270 e. The van der Waals surface area contributed by atoms with Gasteiger partial charge in [0.1, 0.15) is 23.2 Å². The zero-order valence-electron chi connectivity index (χ0n) is 24.1. The van der Waals surface area contributed by atoms with Crippen LogP contribution in [-0.4, -0.2) is 56.1 Å². The van der Waals surface area contributed by atoms with E-state index in [1.807, 2.05) is 36.4 Å². The molecule has 3 aromatic rings. The van der Waals surface area contributed by atoms with Crippen LogP contribution in [0.1, 0.15) is 39.4 Å². The number of hydrogen-bond donors (Lipinski definition) is 1. The first-order valence-corrected chi connectivity index (χ1v) is 13.0. The van der Waals surface area contributed by atoms with Crippen LogP contribution < -0.4 is 19.9 Å². The number of nitrogens with zero attached hydrogens (tertiary/aromatic N) is 3. The summed E-state index contributed by atoms with van der Waals surface area (Å²) >= 11 is 0. The molecule has 6 rings (SSSR count). The average Bonchev–Trinajstić information content (AvgIpc) is 3.08. The van der Waals surface area contributed by atoms with Crippen molar-refractivity contribution in [2.75, 3.05) is 43.1 Å². The Morgan fingerprint density at radius 2 is 1.92 bits per heavy atom. The molecule has 8 nitrogen and oxygen atoms in total. The number of carbonyl (C=O) groups excluding carboxylic acids is 2. The van der Waals surface area contributed by atoms with Gasteiger partial charge in [0.2, 0.25) is 5.91 Å². The molecule has 1 unspecified atom stereocenters. The van der Waals surface area contributed by atoms with Gasteiger partial charge >= 0.3 is 0 Å². The molecule has 0 bridgehead atoms. The number of para-hydroxylation sites is 1. The summed E-state index contributed by atoms with van der Waals surface area (Å²) in [5, 5.41) is 2.73. The lowest BCUT2D eigenvalue weighted by Crippen LogP contribution is -2.58. The van der Waals surface area contributed by atoms with Gasteiger partial charge in [-0.15, -0.1) is 0 Å². The van der Waals surface area contributed by atoms with E-state index in [2.05, 4.69) is 15.2 Å². The summed E-state index contributed by atoms with van der Waals surface area (Å²) in [6.07, 6.45) is 4.19. The number of hydrogen-bond acceptors (Lipinski definition) is 6. The van der Waals surface area contributed by atoms with Gasteiger partial charge in [0.15, 0.2) is 0 Å². The van der Waals surface area contributed by atoms with Gasteiger partial charge in [0.05, 0.1) is 0 Å². The van der Waals surface area contributed by atoms with Crippen molar-refractivity contribution >= 4 is 23.2 Å². The third-order valence-electron chi connectivity index (χ3n) is 7.75. The highest BCUT2D eigenvalue weighted by atomic mass is 16.5. The molecule has 1 aromatic heterocycles. The number of benzene rings is 2. The summed E-state index contributed by atoms with van der Waals surface area (Å²) in [7, 11) is 0. The lowest BCUT2D eigenvalue weighted by molar-refractivity contribution is -0.120. The molecule has 1 spiro atoms. The summed E-state index contributed by atoms with van der Waals surface area (Å²) in [5.41, 5.74) is 2.33. The van der Waals surface area contributed by atoms with Gasteiger partial charge in [-0.3, -0.25) is 14.6 Å². The molecule has 1 N–H and O–H groups in total. The summed E-state index contributed by atoms with van der Waals surface area (Å²) in [6.45, 7) is 0.584. The smallest absolute Gasteiger partial charge is 0.270 e. The first-order valence-electron chi connectivity index (χ1n) is 14.5. The fraction of sp³-hybridized carbons (Fsp3) is 0.367. The van der Waals surface area contributed by atoms with Gasteiger partial charge in [0, 0.05) is 66.4 Å². The molecular formula is C30H32N4O4. The molecule has 0 aliphatic carbocycles. The maximum absolute atomic E-state index is 13.7. The van der Waals surface area contributed by atoms with E-state index in [9.17, 15) is 9.59 Å². The normalized spacial score (nSPS) is 21.8. The molecule has 2 amide bonds. The highest BCUT2D eigenvalue weighted by Gasteiger charge is 2.44. The summed E-state index contributed by atoms with van der Waals surface area (Å²) in [4.78, 5) is 34.1. The van der Waals surface area contributed by atoms with E-state index >= 15 is 0 Å². The molecule has 1 atom stereocenters. The Morgan fingerprint density at radius 1 is 1.11 bits per heavy atom. The van der Waals surface area contributed by atoms with Gasteiger partial charge in [-0.1, -0.05) is 24.3 Å². The van der Waals surface area contributed by atoms with Crippen molar-refractivity contribution in [3.63, 3.8) is 0 Å². The van der Waals surface area contributed by atoms with Gasteiger partial charge in [0.25, 0.3) is 5.91 Å². The SMILES string of the molecule is [2H]C([2H])([2H])N1C(=O)C(NC(=O)c2cc(Oc3ccccc3)ccn2)CCc2ccc(N3CC4(CCOCC4)C3)cc21. The third-order valence-corrected chi connectivity index (χ3v) is 7.75. The minimum absolute atomic E-state index is 0.0653. The van der Waals surface area contributed by atoms with E-state index in [1.54, 1.807) is 18.2 Å². The molecule has 196 valence electrons. The van der Waals surface area contributed by atoms with Gasteiger partial charge < -0.3 is 24.6 Å². The topological polar surface area (TPSA) is 84.0 Å². The monoisotopic (exact) mass is 515 g/mol. The van der Waals surface area contributed by atoms with Crippen molar-refractivity contribution in [3.8, 4) is 11.5 Å². The van der Waals surface area contributed by atoms with Gasteiger partial charge in [-0.25, -0.2) is 0 Å². The lowest BCUT2D eigenvalue weighted by Gasteiger charge is -2.53. The van der Waals surface area contributed by atoms with Crippen molar-refractivity contribution in [1.29, 1.82) is 0 Å². The first-order chi connectivity index (χ1) is 19.7. The lowest BCUT2D eigenvalue weighted by atomic mass is 9.73. The Morgan fingerprint density at radius 3 is 2.71 bits per heavy atom. The molecule has 0 saturated carbocycles. The maximum atomic E-state index is 13.7. The predicted octanol–water partition coefficient (Wildman–Crippen LogP) is 4.20. The number of anilines is 2. The number of pyridine rings is 1. The number of aryl methyl sites for hydroxylation is 1. The van der Waals surface area contributed by atoms with Crippen LogP contribution in [0.3, 0.4) is 0 Å². The van der Waals surface area contributed by atoms with Gasteiger partial charge in [-0.2, -0.15) is 0 Å². The van der Waals surface area contributed by atoms with Crippen LogP contribution in [0.25, 0.3) is 0 Å². The number of ether oxygens (including phenoxy) is 2. The summed E-state index contributed by atoms with van der Waals surface area (Å²) in [5.74, 6) is -0.228. The fourth-order valence-electron chi connectivity index (χ4n) is 5.52. The number of aromatic nitrogens is 1. The molecule has 2 fully saturated rings. The number of carbonyl (C=O) groups is 2. The summed E-state index contributed by atoms with van der Waals surface area (Å²) in [6, 6.07) is 16.9. The van der Waals surface area contributed by atoms with E-state index in [-0.39, 0.29) is 17.5 Å². The molecular weight excluding hydrogens is 480 g/mol. The Labute approximate surface area is 226 Å². The highest BCUT2D eigenvalue weighted by molar-refractivity contribution is 6.02. The van der Waals surface area contributed by atoms with Crippen molar-refractivity contribution in [2.24, 2.45) is 5.41 Å². The number of fused-ring (bicyclic) bond motifs is 1. The quantitative estimate of drug-likeness (QED) is 0.549. The van der Waals surface area contributed by atoms with Crippen LogP contribution in [0, 0.1) is 5.41 Å². The van der Waals surface area contributed by atoms with Crippen LogP contribution in [0.15, 0.2) is 66.9 Å². The van der Waals surface area contributed by atoms with E-state index in [0.29, 0.717) is 23.6 Å². The average molecular weight is 516 g/mol. The van der Waals surface area contributed by atoms with Crippen molar-refractivity contribution < 1.29 is 23.2 Å². The predicted molar refractivity (Wildman–Crippen MR) is 145 cm³/mol. The highest BCUT2D eigenvalue weighted by Crippen LogP contribution is 2.43. The molecule has 4 heterocycles. The number of likely N-dealkylation sites (N-methyl/N-ethyl adjacent to an activating group) is 1. The van der Waals surface area contributed by atoms with Crippen LogP contribution in [0.5, 0.6) is 11.5 Å². The molecule has 2 aromatic carbocycles. The zero-order chi connectivity index (χ0) is 28.6. The second-order valence-electron chi connectivity index (χ2n) is 10.3. The number of rotatable bonds is 5. The van der Waals surface area contributed by atoms with Crippen molar-refractivity contribution in [2.45, 2.75) is 31.7 Å². The molecule has 8 heteroatoms. The Kier molecular flexibility index (Phi) is 5.60. The van der Waals surface area contributed by atoms with E-state index < -0.39 is 24.8 Å². The Bertz CT molecular complexity index is 1440. The standard InChI is InChI=1S/C30H32N4O4/c1-33-27-17-22(34-19-30(20-34)12-15-37-16-13-30)9-7-21(27)8-10-25(29(33)36)32-28(35)26-18-24(11-14-31-26)38-23-5-3-2-4-6-23/h2-7,9,11,14,17-18,25H,8,10,12-13,15-16,19-20H2,1H3,(H,32,35)/i1D3. The Balaban J connectivity index is 1.20. The van der Waals surface area contributed by atoms with Crippen LogP contribution in [0.2, 0.25) is 0 Å². The Hall–Kier alpha value is -3.91. The van der Waals surface area contributed by atoms with Crippen LogP contribution in [0.4, 0.5) is 11.4 Å². The minimum atomic E-state index is -2.73. The van der Waals surface area contributed by atoms with Crippen LogP contribution in [-0.2, 0) is 16.0 Å². The van der Waals surface area contributed by atoms with Crippen LogP contribution >= 0.6 is 0 Å². The van der Waals surface area contributed by atoms with Crippen molar-refractivity contribution in [1.82, 2.24) is 10.3 Å². The molecule has 2 saturated heterocycles. The molecule has 3 aliphatic heterocycles. The van der Waals surface area contributed by atoms with Gasteiger partial charge in [-0.05, 0) is 61.6 Å². The zero-order valence-corrected chi connectivity index (χ0v) is 21.1. The molecule has 38 heavy (non-hydrogen) atoms. The second-order valence-corrected chi connectivity index (χ2v) is 10.3. The van der Waals surface area contributed by atoms with E-state index in [1.165, 1.54) is 12.3 Å². The second kappa shape index (κ2) is 10.1. The number of nitrogens with one attached hydrogen (secondary N) is 1. The van der Waals surface area contributed by atoms with E-state index in [4.69, 9.17) is 13.6 Å². The summed E-state index contributed by atoms with van der Waals surface area (Å²) < 4.78 is 36.0. The minimum Gasteiger partial charge on any atom is -0.457 e. The molecule has 0 radical (unpaired) electrons. The molecule has 3 aliphatic rings. The fourth-order valence-corrected chi connectivity index (χ4v) is 5.52. The third kappa shape index (κ3) is 4.84.